The van der Waals surface area contributed by atoms with Crippen LogP contribution in [0.4, 0.5) is 0 Å². The number of benzene rings is 1. The Morgan fingerprint density at radius 3 is 2.71 bits per heavy atom. The molecular formula is C10H15N3O. The molecule has 76 valence electrons. The number of hydrogen-bond acceptors (Lipinski definition) is 4. The maximum Gasteiger partial charge on any atom is 0.119 e. The summed E-state index contributed by atoms with van der Waals surface area (Å²) in [5.74, 6) is 0.898. The molecule has 1 aliphatic rings. The smallest absolute Gasteiger partial charge is 0.119 e. The molecule has 0 aromatic heterocycles. The van der Waals surface area contributed by atoms with Crippen molar-refractivity contribution < 1.29 is 4.74 Å². The van der Waals surface area contributed by atoms with Crippen molar-refractivity contribution in [3.05, 3.63) is 30.3 Å². The van der Waals surface area contributed by atoms with E-state index in [0.29, 0.717) is 12.6 Å². The molecule has 14 heavy (non-hydrogen) atoms. The highest BCUT2D eigenvalue weighted by molar-refractivity contribution is 5.20. The monoisotopic (exact) mass is 193 g/mol. The highest BCUT2D eigenvalue weighted by Crippen LogP contribution is 2.10. The normalized spacial score (nSPS) is 26.4. The Hall–Kier alpha value is -1.10. The molecule has 2 rings (SSSR count). The van der Waals surface area contributed by atoms with Crippen molar-refractivity contribution in [1.29, 1.82) is 0 Å². The fourth-order valence-electron chi connectivity index (χ4n) is 1.47. The van der Waals surface area contributed by atoms with E-state index in [0.717, 1.165) is 12.2 Å². The van der Waals surface area contributed by atoms with Crippen LogP contribution < -0.4 is 21.3 Å². The van der Waals surface area contributed by atoms with Gasteiger partial charge in [-0.2, -0.15) is 0 Å². The molecule has 1 aromatic carbocycles. The summed E-state index contributed by atoms with van der Waals surface area (Å²) in [7, 11) is 0. The van der Waals surface area contributed by atoms with Crippen LogP contribution in [-0.4, -0.2) is 18.8 Å². The molecule has 1 fully saturated rings. The predicted molar refractivity (Wildman–Crippen MR) is 54.6 cm³/mol. The first kappa shape index (κ1) is 9.45. The number of hydrazine groups is 1. The number of hydrogen-bond donors (Lipinski definition) is 3. The molecule has 0 aliphatic carbocycles. The SMILES string of the molecule is NC1CC(COc2ccccc2)NN1. The van der Waals surface area contributed by atoms with Crippen molar-refractivity contribution in [3.8, 4) is 5.75 Å². The maximum atomic E-state index is 5.66. The molecule has 1 heterocycles. The minimum absolute atomic E-state index is 0.0411. The van der Waals surface area contributed by atoms with Crippen molar-refractivity contribution in [2.75, 3.05) is 6.61 Å². The third-order valence-electron chi connectivity index (χ3n) is 2.21. The lowest BCUT2D eigenvalue weighted by atomic mass is 10.2. The molecular weight excluding hydrogens is 178 g/mol. The van der Waals surface area contributed by atoms with E-state index < -0.39 is 0 Å². The quantitative estimate of drug-likeness (QED) is 0.642. The predicted octanol–water partition coefficient (Wildman–Crippen LogP) is 0.217. The van der Waals surface area contributed by atoms with Crippen molar-refractivity contribution in [2.45, 2.75) is 18.6 Å². The second-order valence-electron chi connectivity index (χ2n) is 3.45. The lowest BCUT2D eigenvalue weighted by molar-refractivity contribution is 0.273. The minimum atomic E-state index is 0.0411. The summed E-state index contributed by atoms with van der Waals surface area (Å²) in [6.07, 6.45) is 0.937. The van der Waals surface area contributed by atoms with Crippen molar-refractivity contribution in [2.24, 2.45) is 5.73 Å². The van der Waals surface area contributed by atoms with E-state index in [9.17, 15) is 0 Å². The van der Waals surface area contributed by atoms with Crippen LogP contribution in [0.3, 0.4) is 0 Å². The standard InChI is InChI=1S/C10H15N3O/c11-10-6-8(12-13-10)7-14-9-4-2-1-3-5-9/h1-5,8,10,12-13H,6-7,11H2. The zero-order valence-corrected chi connectivity index (χ0v) is 7.94. The van der Waals surface area contributed by atoms with Crippen LogP contribution in [0.5, 0.6) is 5.75 Å². The second kappa shape index (κ2) is 4.41. The van der Waals surface area contributed by atoms with Gasteiger partial charge in [-0.3, -0.25) is 0 Å². The van der Waals surface area contributed by atoms with Crippen LogP contribution in [0.1, 0.15) is 6.42 Å². The average Bonchev–Trinajstić information content (AvgIpc) is 2.63. The van der Waals surface area contributed by atoms with E-state index in [4.69, 9.17) is 10.5 Å². The van der Waals surface area contributed by atoms with Gasteiger partial charge in [-0.1, -0.05) is 18.2 Å². The first-order chi connectivity index (χ1) is 6.84. The molecule has 1 aromatic rings. The summed E-state index contributed by atoms with van der Waals surface area (Å²) < 4.78 is 5.58. The van der Waals surface area contributed by atoms with Gasteiger partial charge in [0.2, 0.25) is 0 Å². The Kier molecular flexibility index (Phi) is 2.98. The summed E-state index contributed by atoms with van der Waals surface area (Å²) in [6, 6.07) is 10.1. The molecule has 4 heteroatoms. The fraction of sp³-hybridized carbons (Fsp3) is 0.400. The zero-order valence-electron chi connectivity index (χ0n) is 7.94. The second-order valence-corrected chi connectivity index (χ2v) is 3.45. The molecule has 0 saturated carbocycles. The zero-order chi connectivity index (χ0) is 9.80. The van der Waals surface area contributed by atoms with Crippen molar-refractivity contribution >= 4 is 0 Å². The molecule has 1 saturated heterocycles. The number of para-hydroxylation sites is 1. The Bertz CT molecular complexity index is 278. The van der Waals surface area contributed by atoms with Gasteiger partial charge < -0.3 is 10.5 Å². The van der Waals surface area contributed by atoms with Gasteiger partial charge in [-0.15, -0.1) is 0 Å². The molecule has 4 N–H and O–H groups in total. The Labute approximate surface area is 83.4 Å². The summed E-state index contributed by atoms with van der Waals surface area (Å²) in [6.45, 7) is 0.644. The number of rotatable bonds is 3. The average molecular weight is 193 g/mol. The van der Waals surface area contributed by atoms with Crippen LogP contribution in [0.2, 0.25) is 0 Å². The summed E-state index contributed by atoms with van der Waals surface area (Å²) in [5, 5.41) is 0. The van der Waals surface area contributed by atoms with Gasteiger partial charge in [0, 0.05) is 0 Å². The number of ether oxygens (including phenoxy) is 1. The molecule has 1 aliphatic heterocycles. The van der Waals surface area contributed by atoms with Crippen LogP contribution in [-0.2, 0) is 0 Å². The van der Waals surface area contributed by atoms with Gasteiger partial charge in [0.1, 0.15) is 12.4 Å². The van der Waals surface area contributed by atoms with Crippen molar-refractivity contribution in [1.82, 2.24) is 10.9 Å². The van der Waals surface area contributed by atoms with Gasteiger partial charge in [0.25, 0.3) is 0 Å². The Morgan fingerprint density at radius 2 is 2.07 bits per heavy atom. The molecule has 4 nitrogen and oxygen atoms in total. The van der Waals surface area contributed by atoms with Gasteiger partial charge in [-0.05, 0) is 18.6 Å². The van der Waals surface area contributed by atoms with E-state index in [1.165, 1.54) is 0 Å². The molecule has 0 bridgehead atoms. The maximum absolute atomic E-state index is 5.66. The number of nitrogens with one attached hydrogen (secondary N) is 2. The Morgan fingerprint density at radius 1 is 1.29 bits per heavy atom. The minimum Gasteiger partial charge on any atom is -0.492 e. The molecule has 0 amide bonds. The third-order valence-corrected chi connectivity index (χ3v) is 2.21. The van der Waals surface area contributed by atoms with Gasteiger partial charge in [0.05, 0.1) is 12.2 Å². The van der Waals surface area contributed by atoms with E-state index >= 15 is 0 Å². The van der Waals surface area contributed by atoms with E-state index in [2.05, 4.69) is 10.9 Å². The van der Waals surface area contributed by atoms with Crippen LogP contribution in [0.25, 0.3) is 0 Å². The number of nitrogens with two attached hydrogens (primary N) is 1. The first-order valence-corrected chi connectivity index (χ1v) is 4.79. The molecule has 2 atom stereocenters. The van der Waals surface area contributed by atoms with Gasteiger partial charge >= 0.3 is 0 Å². The molecule has 0 spiro atoms. The van der Waals surface area contributed by atoms with Crippen LogP contribution in [0.15, 0.2) is 30.3 Å². The highest BCUT2D eigenvalue weighted by atomic mass is 16.5. The van der Waals surface area contributed by atoms with Crippen LogP contribution in [0, 0.1) is 0 Å². The van der Waals surface area contributed by atoms with E-state index in [1.807, 2.05) is 30.3 Å². The summed E-state index contributed by atoms with van der Waals surface area (Å²) >= 11 is 0. The van der Waals surface area contributed by atoms with Gasteiger partial charge in [-0.25, -0.2) is 10.9 Å². The summed E-state index contributed by atoms with van der Waals surface area (Å²) in [4.78, 5) is 0. The van der Waals surface area contributed by atoms with E-state index in [1.54, 1.807) is 0 Å². The Balaban J connectivity index is 1.78. The first-order valence-electron chi connectivity index (χ1n) is 4.79. The lowest BCUT2D eigenvalue weighted by Crippen LogP contribution is -2.38. The molecule has 2 unspecified atom stereocenters. The van der Waals surface area contributed by atoms with Crippen molar-refractivity contribution in [3.63, 3.8) is 0 Å². The van der Waals surface area contributed by atoms with Crippen LogP contribution >= 0.6 is 0 Å². The van der Waals surface area contributed by atoms with E-state index in [-0.39, 0.29) is 6.17 Å². The lowest BCUT2D eigenvalue weighted by Gasteiger charge is -2.10. The molecule has 0 radical (unpaired) electrons. The highest BCUT2D eigenvalue weighted by Gasteiger charge is 2.20. The fourth-order valence-corrected chi connectivity index (χ4v) is 1.47. The van der Waals surface area contributed by atoms with Gasteiger partial charge in [0.15, 0.2) is 0 Å². The topological polar surface area (TPSA) is 59.3 Å². The largest absolute Gasteiger partial charge is 0.492 e. The summed E-state index contributed by atoms with van der Waals surface area (Å²) in [5.41, 5.74) is 11.7. The third kappa shape index (κ3) is 2.45.